The number of carbonyl (C=O) groups excluding carboxylic acids is 3. The number of hydrogen-bond acceptors (Lipinski definition) is 5. The van der Waals surface area contributed by atoms with Crippen LogP contribution in [0.5, 0.6) is 5.75 Å². The predicted molar refractivity (Wildman–Crippen MR) is 109 cm³/mol. The number of nitrogens with one attached hydrogen (secondary N) is 2. The lowest BCUT2D eigenvalue weighted by Crippen LogP contribution is -2.43. The van der Waals surface area contributed by atoms with Crippen molar-refractivity contribution in [1.82, 2.24) is 4.90 Å². The van der Waals surface area contributed by atoms with Crippen molar-refractivity contribution in [2.24, 2.45) is 0 Å². The smallest absolute Gasteiger partial charge is 0.406 e. The van der Waals surface area contributed by atoms with Crippen LogP contribution in [0.3, 0.4) is 0 Å². The van der Waals surface area contributed by atoms with Gasteiger partial charge in [0.25, 0.3) is 0 Å². The Morgan fingerprint density at radius 1 is 0.968 bits per heavy atom. The van der Waals surface area contributed by atoms with Gasteiger partial charge in [-0.15, -0.1) is 13.2 Å². The number of carbonyl (C=O) groups is 3. The highest BCUT2D eigenvalue weighted by Crippen LogP contribution is 2.24. The quantitative estimate of drug-likeness (QED) is 0.615. The number of hydrogen-bond donors (Lipinski definition) is 2. The Bertz CT molecular complexity index is 928. The molecule has 0 heterocycles. The van der Waals surface area contributed by atoms with Crippen LogP contribution in [0.1, 0.15) is 24.2 Å². The molecule has 31 heavy (non-hydrogen) atoms. The molecule has 0 aliphatic rings. The number of halogens is 3. The lowest BCUT2D eigenvalue weighted by Gasteiger charge is -2.23. The van der Waals surface area contributed by atoms with Gasteiger partial charge in [0.1, 0.15) is 5.75 Å². The monoisotopic (exact) mass is 437 g/mol. The topological polar surface area (TPSA) is 87.7 Å². The first-order valence-electron chi connectivity index (χ1n) is 9.22. The molecule has 0 saturated carbocycles. The van der Waals surface area contributed by atoms with Crippen LogP contribution >= 0.6 is 0 Å². The number of ether oxygens (including phenoxy) is 1. The number of ketones is 1. The summed E-state index contributed by atoms with van der Waals surface area (Å²) in [5.41, 5.74) is 1.33. The van der Waals surface area contributed by atoms with E-state index in [-0.39, 0.29) is 23.9 Å². The molecule has 0 spiro atoms. The minimum atomic E-state index is -4.79. The summed E-state index contributed by atoms with van der Waals surface area (Å²) in [5, 5.41) is 5.25. The summed E-state index contributed by atoms with van der Waals surface area (Å²) in [6.07, 6.45) is -4.79. The summed E-state index contributed by atoms with van der Waals surface area (Å²) in [7, 11) is 1.59. The number of nitrogens with zero attached hydrogens (tertiary/aromatic N) is 1. The fraction of sp³-hybridized carbons (Fsp3) is 0.286. The van der Waals surface area contributed by atoms with Crippen molar-refractivity contribution in [3.05, 3.63) is 54.1 Å². The molecule has 2 amide bonds. The van der Waals surface area contributed by atoms with Gasteiger partial charge in [0, 0.05) is 16.9 Å². The molecule has 1 atom stereocenters. The van der Waals surface area contributed by atoms with Gasteiger partial charge in [0.05, 0.1) is 12.6 Å². The van der Waals surface area contributed by atoms with Crippen molar-refractivity contribution in [3.8, 4) is 5.75 Å². The van der Waals surface area contributed by atoms with Gasteiger partial charge in [-0.05, 0) is 69.4 Å². The molecule has 2 N–H and O–H groups in total. The molecule has 0 fully saturated rings. The third kappa shape index (κ3) is 7.74. The summed E-state index contributed by atoms with van der Waals surface area (Å²) < 4.78 is 40.3. The van der Waals surface area contributed by atoms with E-state index >= 15 is 0 Å². The summed E-state index contributed by atoms with van der Waals surface area (Å²) in [6.45, 7) is 2.94. The summed E-state index contributed by atoms with van der Waals surface area (Å²) in [5.74, 6) is -1.28. The maximum atomic E-state index is 12.4. The van der Waals surface area contributed by atoms with E-state index in [1.54, 1.807) is 38.2 Å². The zero-order chi connectivity index (χ0) is 23.2. The minimum Gasteiger partial charge on any atom is -0.406 e. The molecular formula is C21H22F3N3O4. The van der Waals surface area contributed by atoms with E-state index < -0.39 is 24.1 Å². The van der Waals surface area contributed by atoms with Crippen LogP contribution in [0.15, 0.2) is 48.5 Å². The Morgan fingerprint density at radius 3 is 2.00 bits per heavy atom. The molecule has 0 saturated heterocycles. The molecule has 0 radical (unpaired) electrons. The fourth-order valence-electron chi connectivity index (χ4n) is 2.54. The van der Waals surface area contributed by atoms with Gasteiger partial charge in [-0.3, -0.25) is 19.3 Å². The molecule has 10 heteroatoms. The molecule has 2 aromatic carbocycles. The molecule has 0 unspecified atom stereocenters. The van der Waals surface area contributed by atoms with Crippen LogP contribution in [-0.4, -0.2) is 48.5 Å². The largest absolute Gasteiger partial charge is 0.573 e. The lowest BCUT2D eigenvalue weighted by atomic mass is 10.1. The molecule has 0 bridgehead atoms. The maximum absolute atomic E-state index is 12.4. The Labute approximate surface area is 177 Å². The highest BCUT2D eigenvalue weighted by atomic mass is 19.4. The average molecular weight is 437 g/mol. The highest BCUT2D eigenvalue weighted by Gasteiger charge is 2.31. The fourth-order valence-corrected chi connectivity index (χ4v) is 2.54. The Hall–Kier alpha value is -3.40. The summed E-state index contributed by atoms with van der Waals surface area (Å²) >= 11 is 0. The Balaban J connectivity index is 1.86. The van der Waals surface area contributed by atoms with Crippen molar-refractivity contribution in [2.45, 2.75) is 26.3 Å². The van der Waals surface area contributed by atoms with E-state index in [2.05, 4.69) is 15.4 Å². The van der Waals surface area contributed by atoms with E-state index in [1.165, 1.54) is 24.0 Å². The Morgan fingerprint density at radius 2 is 1.48 bits per heavy atom. The molecule has 2 rings (SSSR count). The number of anilines is 2. The van der Waals surface area contributed by atoms with Crippen LogP contribution < -0.4 is 15.4 Å². The van der Waals surface area contributed by atoms with E-state index in [1.807, 2.05) is 0 Å². The first-order valence-corrected chi connectivity index (χ1v) is 9.22. The second kappa shape index (κ2) is 10.1. The normalized spacial score (nSPS) is 12.2. The number of alkyl halides is 3. The minimum absolute atomic E-state index is 0.0838. The summed E-state index contributed by atoms with van der Waals surface area (Å²) in [6, 6.07) is 10.5. The number of benzene rings is 2. The van der Waals surface area contributed by atoms with Gasteiger partial charge < -0.3 is 15.4 Å². The van der Waals surface area contributed by atoms with Crippen LogP contribution in [0.2, 0.25) is 0 Å². The third-order valence-corrected chi connectivity index (χ3v) is 4.36. The van der Waals surface area contributed by atoms with Crippen LogP contribution in [0, 0.1) is 0 Å². The van der Waals surface area contributed by atoms with Gasteiger partial charge in [0.15, 0.2) is 5.78 Å². The molecular weight excluding hydrogens is 415 g/mol. The predicted octanol–water partition coefficient (Wildman–Crippen LogP) is 3.69. The SMILES string of the molecule is CC(=O)c1ccc(NC(=O)[C@H](C)N(C)CC(=O)Nc2ccc(OC(F)(F)F)cc2)cc1. The number of likely N-dealkylation sites (N-methyl/N-ethyl adjacent to an activating group) is 1. The second-order valence-electron chi connectivity index (χ2n) is 6.83. The van der Waals surface area contributed by atoms with Crippen molar-refractivity contribution in [1.29, 1.82) is 0 Å². The zero-order valence-corrected chi connectivity index (χ0v) is 17.1. The van der Waals surface area contributed by atoms with E-state index in [0.717, 1.165) is 12.1 Å². The molecule has 7 nitrogen and oxygen atoms in total. The van der Waals surface area contributed by atoms with Crippen LogP contribution in [-0.2, 0) is 9.59 Å². The molecule has 0 aliphatic carbocycles. The number of Topliss-reactive ketones (excluding diaryl/α,β-unsaturated/α-hetero) is 1. The Kier molecular flexibility index (Phi) is 7.76. The zero-order valence-electron chi connectivity index (χ0n) is 17.1. The van der Waals surface area contributed by atoms with Crippen LogP contribution in [0.25, 0.3) is 0 Å². The van der Waals surface area contributed by atoms with Gasteiger partial charge in [-0.2, -0.15) is 0 Å². The third-order valence-electron chi connectivity index (χ3n) is 4.36. The van der Waals surface area contributed by atoms with Gasteiger partial charge in [-0.1, -0.05) is 0 Å². The highest BCUT2D eigenvalue weighted by molar-refractivity contribution is 5.97. The van der Waals surface area contributed by atoms with Gasteiger partial charge >= 0.3 is 6.36 Å². The van der Waals surface area contributed by atoms with Crippen molar-refractivity contribution < 1.29 is 32.3 Å². The molecule has 2 aromatic rings. The van der Waals surface area contributed by atoms with Crippen molar-refractivity contribution >= 4 is 29.0 Å². The van der Waals surface area contributed by atoms with Crippen molar-refractivity contribution in [2.75, 3.05) is 24.2 Å². The first-order chi connectivity index (χ1) is 14.4. The number of rotatable bonds is 8. The van der Waals surface area contributed by atoms with E-state index in [0.29, 0.717) is 11.3 Å². The van der Waals surface area contributed by atoms with Crippen LogP contribution in [0.4, 0.5) is 24.5 Å². The van der Waals surface area contributed by atoms with Gasteiger partial charge in [-0.25, -0.2) is 0 Å². The first kappa shape index (κ1) is 23.9. The second-order valence-corrected chi connectivity index (χ2v) is 6.83. The molecule has 166 valence electrons. The lowest BCUT2D eigenvalue weighted by molar-refractivity contribution is -0.274. The molecule has 0 aromatic heterocycles. The average Bonchev–Trinajstić information content (AvgIpc) is 2.68. The maximum Gasteiger partial charge on any atom is 0.573 e. The number of amides is 2. The van der Waals surface area contributed by atoms with E-state index in [9.17, 15) is 27.6 Å². The van der Waals surface area contributed by atoms with Gasteiger partial charge in [0.2, 0.25) is 11.8 Å². The van der Waals surface area contributed by atoms with Crippen molar-refractivity contribution in [3.63, 3.8) is 0 Å². The standard InChI is InChI=1S/C21H22F3N3O4/c1-13(20(30)26-17-6-4-15(5-7-17)14(2)28)27(3)12-19(29)25-16-8-10-18(11-9-16)31-21(22,23)24/h4-11,13H,12H2,1-3H3,(H,25,29)(H,26,30)/t13-/m0/s1. The summed E-state index contributed by atoms with van der Waals surface area (Å²) in [4.78, 5) is 37.4. The molecule has 0 aliphatic heterocycles. The van der Waals surface area contributed by atoms with E-state index in [4.69, 9.17) is 0 Å².